The summed E-state index contributed by atoms with van der Waals surface area (Å²) in [6, 6.07) is 7.55. The van der Waals surface area contributed by atoms with Crippen LogP contribution in [0.25, 0.3) is 0 Å². The van der Waals surface area contributed by atoms with E-state index in [0.29, 0.717) is 25.3 Å². The van der Waals surface area contributed by atoms with Crippen molar-refractivity contribution in [1.29, 1.82) is 0 Å². The van der Waals surface area contributed by atoms with E-state index < -0.39 is 30.2 Å². The normalized spacial score (nSPS) is 14.3. The molecule has 1 fully saturated rings. The average Bonchev–Trinajstić information content (AvgIpc) is 2.81. The molecule has 1 aromatic carbocycles. The Kier molecular flexibility index (Phi) is 7.72. The Bertz CT molecular complexity index is 1050. The third-order valence-corrected chi connectivity index (χ3v) is 5.30. The number of carbonyl (C=O) groups excluding carboxylic acids is 2. The number of esters is 1. The number of alkyl halides is 3. The third kappa shape index (κ3) is 6.33. The van der Waals surface area contributed by atoms with Gasteiger partial charge in [-0.15, -0.1) is 0 Å². The zero-order valence-corrected chi connectivity index (χ0v) is 18.2. The molecule has 1 aromatic heterocycles. The van der Waals surface area contributed by atoms with Crippen LogP contribution in [0.2, 0.25) is 0 Å². The van der Waals surface area contributed by atoms with E-state index in [1.165, 1.54) is 27.8 Å². The van der Waals surface area contributed by atoms with Gasteiger partial charge in [-0.3, -0.25) is 9.59 Å². The lowest BCUT2D eigenvalue weighted by atomic mass is 10.1. The number of aromatic nitrogens is 2. The molecule has 2 heterocycles. The first-order chi connectivity index (χ1) is 15.7. The van der Waals surface area contributed by atoms with Crippen LogP contribution in [0.3, 0.4) is 0 Å². The quantitative estimate of drug-likeness (QED) is 0.584. The molecule has 3 rings (SSSR count). The predicted octanol–water partition coefficient (Wildman–Crippen LogP) is 2.57. The summed E-state index contributed by atoms with van der Waals surface area (Å²) in [6.07, 6.45) is -2.83. The first-order valence-electron chi connectivity index (χ1n) is 10.6. The van der Waals surface area contributed by atoms with Crippen LogP contribution in [-0.4, -0.2) is 59.3 Å². The standard InChI is InChI=1S/C22H25F3N4O4/c1-2-3-9-29-19(30)8-7-18(26-29)21(32)33-15-20(31)28-12-10-27(11-13-28)17-6-4-5-16(14-17)22(23,24)25/h4-8,14H,2-3,9-13,15H2,1H3. The number of ether oxygens (including phenoxy) is 1. The van der Waals surface area contributed by atoms with E-state index in [2.05, 4.69) is 5.10 Å². The lowest BCUT2D eigenvalue weighted by Crippen LogP contribution is -2.50. The highest BCUT2D eigenvalue weighted by molar-refractivity contribution is 5.89. The topological polar surface area (TPSA) is 84.7 Å². The Morgan fingerprint density at radius 2 is 1.82 bits per heavy atom. The second-order valence-corrected chi connectivity index (χ2v) is 7.63. The molecular weight excluding hydrogens is 441 g/mol. The number of anilines is 1. The Hall–Kier alpha value is -3.37. The molecule has 0 bridgehead atoms. The Labute approximate surface area is 188 Å². The molecule has 8 nitrogen and oxygen atoms in total. The van der Waals surface area contributed by atoms with Gasteiger partial charge in [-0.2, -0.15) is 18.3 Å². The number of piperazine rings is 1. The van der Waals surface area contributed by atoms with Crippen LogP contribution < -0.4 is 10.5 Å². The summed E-state index contributed by atoms with van der Waals surface area (Å²) in [5, 5.41) is 3.99. The first-order valence-corrected chi connectivity index (χ1v) is 10.6. The summed E-state index contributed by atoms with van der Waals surface area (Å²) in [5.41, 5.74) is -0.671. The molecule has 0 aliphatic carbocycles. The van der Waals surface area contributed by atoms with Gasteiger partial charge in [-0.05, 0) is 30.7 Å². The van der Waals surface area contributed by atoms with Crippen molar-refractivity contribution in [3.63, 3.8) is 0 Å². The summed E-state index contributed by atoms with van der Waals surface area (Å²) in [6.45, 7) is 3.13. The smallest absolute Gasteiger partial charge is 0.416 e. The van der Waals surface area contributed by atoms with E-state index in [1.807, 2.05) is 6.92 Å². The zero-order chi connectivity index (χ0) is 24.0. The molecule has 1 aliphatic rings. The Balaban J connectivity index is 1.52. The fourth-order valence-corrected chi connectivity index (χ4v) is 3.41. The predicted molar refractivity (Wildman–Crippen MR) is 114 cm³/mol. The van der Waals surface area contributed by atoms with E-state index >= 15 is 0 Å². The molecular formula is C22H25F3N4O4. The summed E-state index contributed by atoms with van der Waals surface area (Å²) in [5.74, 6) is -1.22. The van der Waals surface area contributed by atoms with E-state index in [4.69, 9.17) is 4.74 Å². The molecule has 1 amide bonds. The number of rotatable bonds is 7. The second-order valence-electron chi connectivity index (χ2n) is 7.63. The average molecular weight is 466 g/mol. The zero-order valence-electron chi connectivity index (χ0n) is 18.2. The highest BCUT2D eigenvalue weighted by Crippen LogP contribution is 2.31. The second kappa shape index (κ2) is 10.5. The number of unbranched alkanes of at least 4 members (excludes halogenated alkanes) is 1. The van der Waals surface area contributed by atoms with Crippen LogP contribution in [0, 0.1) is 0 Å². The molecule has 0 N–H and O–H groups in total. The van der Waals surface area contributed by atoms with Gasteiger partial charge in [0.1, 0.15) is 0 Å². The van der Waals surface area contributed by atoms with E-state index in [1.54, 1.807) is 11.0 Å². The van der Waals surface area contributed by atoms with E-state index in [0.717, 1.165) is 25.0 Å². The van der Waals surface area contributed by atoms with Crippen LogP contribution >= 0.6 is 0 Å². The summed E-state index contributed by atoms with van der Waals surface area (Å²) < 4.78 is 45.1. The van der Waals surface area contributed by atoms with Gasteiger partial charge in [-0.1, -0.05) is 19.4 Å². The molecule has 0 atom stereocenters. The van der Waals surface area contributed by atoms with Crippen molar-refractivity contribution in [1.82, 2.24) is 14.7 Å². The van der Waals surface area contributed by atoms with Crippen molar-refractivity contribution < 1.29 is 27.5 Å². The van der Waals surface area contributed by atoms with Gasteiger partial charge in [0.05, 0.1) is 5.56 Å². The first kappa shape index (κ1) is 24.3. The van der Waals surface area contributed by atoms with Gasteiger partial charge < -0.3 is 14.5 Å². The van der Waals surface area contributed by atoms with Crippen molar-refractivity contribution in [2.45, 2.75) is 32.5 Å². The van der Waals surface area contributed by atoms with Crippen LogP contribution in [-0.2, 0) is 22.3 Å². The van der Waals surface area contributed by atoms with E-state index in [9.17, 15) is 27.6 Å². The number of amides is 1. The molecule has 0 unspecified atom stereocenters. The SMILES string of the molecule is CCCCn1nc(C(=O)OCC(=O)N2CCN(c3cccc(C(F)(F)F)c3)CC2)ccc1=O. The maximum Gasteiger partial charge on any atom is 0.416 e. The number of halogens is 3. The van der Waals surface area contributed by atoms with Crippen molar-refractivity contribution in [3.8, 4) is 0 Å². The van der Waals surface area contributed by atoms with Crippen LogP contribution in [0.15, 0.2) is 41.2 Å². The van der Waals surface area contributed by atoms with Gasteiger partial charge in [0, 0.05) is 44.5 Å². The lowest BCUT2D eigenvalue weighted by Gasteiger charge is -2.36. The minimum atomic E-state index is -4.42. The molecule has 11 heteroatoms. The lowest BCUT2D eigenvalue weighted by molar-refractivity contribution is -0.137. The number of aryl methyl sites for hydroxylation is 1. The largest absolute Gasteiger partial charge is 0.451 e. The van der Waals surface area contributed by atoms with E-state index in [-0.39, 0.29) is 24.3 Å². The maximum atomic E-state index is 12.9. The highest BCUT2D eigenvalue weighted by Gasteiger charge is 2.31. The number of hydrogen-bond acceptors (Lipinski definition) is 6. The molecule has 0 radical (unpaired) electrons. The maximum absolute atomic E-state index is 12.9. The minimum absolute atomic E-state index is 0.0622. The summed E-state index contributed by atoms with van der Waals surface area (Å²) in [7, 11) is 0. The van der Waals surface area contributed by atoms with Crippen molar-refractivity contribution in [3.05, 3.63) is 58.0 Å². The van der Waals surface area contributed by atoms with Gasteiger partial charge in [-0.25, -0.2) is 9.48 Å². The van der Waals surface area contributed by atoms with Crippen LogP contribution in [0.5, 0.6) is 0 Å². The monoisotopic (exact) mass is 466 g/mol. The molecule has 33 heavy (non-hydrogen) atoms. The molecule has 1 aliphatic heterocycles. The molecule has 178 valence electrons. The number of benzene rings is 1. The molecule has 2 aromatic rings. The fraction of sp³-hybridized carbons (Fsp3) is 0.455. The molecule has 0 saturated carbocycles. The van der Waals surface area contributed by atoms with Crippen LogP contribution in [0.4, 0.5) is 18.9 Å². The molecule has 0 spiro atoms. The van der Waals surface area contributed by atoms with Crippen molar-refractivity contribution in [2.24, 2.45) is 0 Å². The van der Waals surface area contributed by atoms with Gasteiger partial charge >= 0.3 is 12.1 Å². The number of carbonyl (C=O) groups is 2. The van der Waals surface area contributed by atoms with Crippen molar-refractivity contribution in [2.75, 3.05) is 37.7 Å². The Morgan fingerprint density at radius 1 is 1.09 bits per heavy atom. The summed E-state index contributed by atoms with van der Waals surface area (Å²) >= 11 is 0. The minimum Gasteiger partial charge on any atom is -0.451 e. The number of nitrogens with zero attached hydrogens (tertiary/aromatic N) is 4. The Morgan fingerprint density at radius 3 is 2.48 bits per heavy atom. The van der Waals surface area contributed by atoms with Gasteiger partial charge in [0.25, 0.3) is 11.5 Å². The van der Waals surface area contributed by atoms with Crippen molar-refractivity contribution >= 4 is 17.6 Å². The third-order valence-electron chi connectivity index (χ3n) is 5.30. The van der Waals surface area contributed by atoms with Gasteiger partial charge in [0.15, 0.2) is 12.3 Å². The van der Waals surface area contributed by atoms with Gasteiger partial charge in [0.2, 0.25) is 0 Å². The summed E-state index contributed by atoms with van der Waals surface area (Å²) in [4.78, 5) is 39.7. The highest BCUT2D eigenvalue weighted by atomic mass is 19.4. The van der Waals surface area contributed by atoms with Crippen LogP contribution in [0.1, 0.15) is 35.8 Å². The fourth-order valence-electron chi connectivity index (χ4n) is 3.41. The number of hydrogen-bond donors (Lipinski definition) is 0. The molecule has 1 saturated heterocycles.